The maximum Gasteiger partial charge on any atom is 0.219 e. The van der Waals surface area contributed by atoms with Crippen molar-refractivity contribution < 1.29 is 4.79 Å². The zero-order chi connectivity index (χ0) is 14.1. The highest BCUT2D eigenvalue weighted by Crippen LogP contribution is 2.39. The third-order valence-electron chi connectivity index (χ3n) is 3.87. The van der Waals surface area contributed by atoms with E-state index < -0.39 is 0 Å². The molecule has 2 heterocycles. The van der Waals surface area contributed by atoms with Crippen molar-refractivity contribution >= 4 is 17.5 Å². The third-order valence-corrected chi connectivity index (χ3v) is 3.87. The molecule has 2 aliphatic rings. The Labute approximate surface area is 118 Å². The molecule has 20 heavy (non-hydrogen) atoms. The van der Waals surface area contributed by atoms with Crippen LogP contribution in [0.25, 0.3) is 0 Å². The van der Waals surface area contributed by atoms with Crippen LogP contribution in [-0.2, 0) is 4.79 Å². The molecule has 108 valence electrons. The predicted octanol–water partition coefficient (Wildman–Crippen LogP) is 0.308. The minimum absolute atomic E-state index is 0.135. The van der Waals surface area contributed by atoms with Gasteiger partial charge in [-0.15, -0.1) is 0 Å². The molecule has 0 radical (unpaired) electrons. The number of hydrogen-bond donors (Lipinski definition) is 2. The molecule has 1 aromatic rings. The quantitative estimate of drug-likeness (QED) is 0.610. The Bertz CT molecular complexity index is 508. The van der Waals surface area contributed by atoms with Crippen LogP contribution in [0.15, 0.2) is 6.07 Å². The van der Waals surface area contributed by atoms with Gasteiger partial charge in [0.25, 0.3) is 0 Å². The Balaban J connectivity index is 1.76. The zero-order valence-corrected chi connectivity index (χ0v) is 11.7. The molecule has 1 aliphatic carbocycles. The molecule has 1 amide bonds. The number of rotatable bonds is 3. The fourth-order valence-electron chi connectivity index (χ4n) is 2.46. The van der Waals surface area contributed by atoms with Gasteiger partial charge in [0.1, 0.15) is 17.5 Å². The lowest BCUT2D eigenvalue weighted by molar-refractivity contribution is -0.129. The molecule has 7 heteroatoms. The summed E-state index contributed by atoms with van der Waals surface area (Å²) in [5.41, 5.74) is 2.61. The van der Waals surface area contributed by atoms with Crippen LogP contribution in [0.1, 0.15) is 31.5 Å². The summed E-state index contributed by atoms with van der Waals surface area (Å²) in [6, 6.07) is 1.87. The van der Waals surface area contributed by atoms with Crippen molar-refractivity contribution in [1.82, 2.24) is 14.9 Å². The van der Waals surface area contributed by atoms with E-state index in [4.69, 9.17) is 5.84 Å². The molecule has 1 saturated heterocycles. The van der Waals surface area contributed by atoms with E-state index in [1.807, 2.05) is 11.0 Å². The average molecular weight is 276 g/mol. The third kappa shape index (κ3) is 2.67. The van der Waals surface area contributed by atoms with Crippen molar-refractivity contribution in [3.8, 4) is 0 Å². The van der Waals surface area contributed by atoms with Gasteiger partial charge in [-0.1, -0.05) is 0 Å². The number of nitrogens with zero attached hydrogens (tertiary/aromatic N) is 4. The molecular weight excluding hydrogens is 256 g/mol. The van der Waals surface area contributed by atoms with Gasteiger partial charge < -0.3 is 15.2 Å². The first-order chi connectivity index (χ1) is 9.67. The number of nitrogen functional groups attached to an aromatic ring is 1. The fourth-order valence-corrected chi connectivity index (χ4v) is 2.46. The van der Waals surface area contributed by atoms with Crippen LogP contribution in [0.3, 0.4) is 0 Å². The van der Waals surface area contributed by atoms with Crippen LogP contribution in [0.4, 0.5) is 11.6 Å². The Hall–Kier alpha value is -1.89. The van der Waals surface area contributed by atoms with Gasteiger partial charge >= 0.3 is 0 Å². The molecular formula is C13H20N6O. The molecule has 0 spiro atoms. The number of piperazine rings is 1. The highest BCUT2D eigenvalue weighted by molar-refractivity contribution is 5.73. The van der Waals surface area contributed by atoms with Crippen molar-refractivity contribution in [1.29, 1.82) is 0 Å². The van der Waals surface area contributed by atoms with Crippen LogP contribution in [0.5, 0.6) is 0 Å². The Kier molecular flexibility index (Phi) is 3.43. The molecule has 1 aromatic heterocycles. The van der Waals surface area contributed by atoms with E-state index in [1.54, 1.807) is 6.92 Å². The molecule has 0 aromatic carbocycles. The molecule has 3 rings (SSSR count). The number of nitrogens with one attached hydrogen (secondary N) is 1. The first-order valence-electron chi connectivity index (χ1n) is 7.03. The van der Waals surface area contributed by atoms with Crippen LogP contribution in [0.2, 0.25) is 0 Å². The SMILES string of the molecule is CC(=O)N1CCN(c2cc(NN)nc(C3CC3)n2)CC1. The Morgan fingerprint density at radius 2 is 2.00 bits per heavy atom. The topological polar surface area (TPSA) is 87.4 Å². The van der Waals surface area contributed by atoms with Crippen LogP contribution in [0, 0.1) is 0 Å². The lowest BCUT2D eigenvalue weighted by Gasteiger charge is -2.35. The fraction of sp³-hybridized carbons (Fsp3) is 0.615. The average Bonchev–Trinajstić information content (AvgIpc) is 3.31. The minimum Gasteiger partial charge on any atom is -0.353 e. The van der Waals surface area contributed by atoms with Crippen molar-refractivity contribution in [2.45, 2.75) is 25.7 Å². The van der Waals surface area contributed by atoms with E-state index in [0.29, 0.717) is 11.7 Å². The summed E-state index contributed by atoms with van der Waals surface area (Å²) in [5.74, 6) is 8.55. The maximum atomic E-state index is 11.3. The molecule has 1 saturated carbocycles. The number of nitrogens with two attached hydrogens (primary N) is 1. The summed E-state index contributed by atoms with van der Waals surface area (Å²) >= 11 is 0. The summed E-state index contributed by atoms with van der Waals surface area (Å²) in [6.45, 7) is 4.68. The standard InChI is InChI=1S/C13H20N6O/c1-9(20)18-4-6-19(7-5-18)12-8-11(17-14)15-13(16-12)10-2-3-10/h8,10H,2-7,14H2,1H3,(H,15,16,17). The van der Waals surface area contributed by atoms with Crippen LogP contribution in [-0.4, -0.2) is 47.0 Å². The molecule has 1 aliphatic heterocycles. The van der Waals surface area contributed by atoms with E-state index in [-0.39, 0.29) is 5.91 Å². The predicted molar refractivity (Wildman–Crippen MR) is 76.3 cm³/mol. The van der Waals surface area contributed by atoms with E-state index in [1.165, 1.54) is 0 Å². The van der Waals surface area contributed by atoms with Gasteiger partial charge in [-0.3, -0.25) is 4.79 Å². The van der Waals surface area contributed by atoms with Crippen molar-refractivity contribution in [2.75, 3.05) is 36.5 Å². The first-order valence-corrected chi connectivity index (χ1v) is 7.03. The van der Waals surface area contributed by atoms with Gasteiger partial charge in [-0.25, -0.2) is 15.8 Å². The number of hydrogen-bond acceptors (Lipinski definition) is 6. The second-order valence-electron chi connectivity index (χ2n) is 5.38. The second kappa shape index (κ2) is 5.24. The zero-order valence-electron chi connectivity index (χ0n) is 11.7. The monoisotopic (exact) mass is 276 g/mol. The maximum absolute atomic E-state index is 11.3. The molecule has 0 unspecified atom stereocenters. The van der Waals surface area contributed by atoms with Crippen molar-refractivity contribution in [2.24, 2.45) is 5.84 Å². The van der Waals surface area contributed by atoms with E-state index in [0.717, 1.165) is 50.7 Å². The Morgan fingerprint density at radius 1 is 1.30 bits per heavy atom. The summed E-state index contributed by atoms with van der Waals surface area (Å²) < 4.78 is 0. The van der Waals surface area contributed by atoms with Gasteiger partial charge in [-0.05, 0) is 12.8 Å². The highest BCUT2D eigenvalue weighted by atomic mass is 16.2. The molecule has 0 bridgehead atoms. The molecule has 2 fully saturated rings. The number of amides is 1. The summed E-state index contributed by atoms with van der Waals surface area (Å²) in [4.78, 5) is 24.5. The molecule has 3 N–H and O–H groups in total. The van der Waals surface area contributed by atoms with Gasteiger partial charge in [-0.2, -0.15) is 0 Å². The van der Waals surface area contributed by atoms with Crippen LogP contribution >= 0.6 is 0 Å². The lowest BCUT2D eigenvalue weighted by Crippen LogP contribution is -2.48. The van der Waals surface area contributed by atoms with Crippen LogP contribution < -0.4 is 16.2 Å². The Morgan fingerprint density at radius 3 is 2.55 bits per heavy atom. The smallest absolute Gasteiger partial charge is 0.219 e. The number of carbonyl (C=O) groups is 1. The van der Waals surface area contributed by atoms with Gasteiger partial charge in [0.15, 0.2) is 0 Å². The number of aromatic nitrogens is 2. The highest BCUT2D eigenvalue weighted by Gasteiger charge is 2.28. The lowest BCUT2D eigenvalue weighted by atomic mass is 10.3. The summed E-state index contributed by atoms with van der Waals surface area (Å²) in [7, 11) is 0. The molecule has 7 nitrogen and oxygen atoms in total. The summed E-state index contributed by atoms with van der Waals surface area (Å²) in [6.07, 6.45) is 2.32. The summed E-state index contributed by atoms with van der Waals surface area (Å²) in [5, 5.41) is 0. The number of carbonyl (C=O) groups excluding carboxylic acids is 1. The van der Waals surface area contributed by atoms with Gasteiger partial charge in [0, 0.05) is 45.1 Å². The minimum atomic E-state index is 0.135. The van der Waals surface area contributed by atoms with Gasteiger partial charge in [0.05, 0.1) is 0 Å². The van der Waals surface area contributed by atoms with E-state index in [9.17, 15) is 4.79 Å². The molecule has 0 atom stereocenters. The van der Waals surface area contributed by atoms with Gasteiger partial charge in [0.2, 0.25) is 5.91 Å². The largest absolute Gasteiger partial charge is 0.353 e. The number of hydrazine groups is 1. The van der Waals surface area contributed by atoms with E-state index >= 15 is 0 Å². The van der Waals surface area contributed by atoms with Crippen molar-refractivity contribution in [3.63, 3.8) is 0 Å². The first kappa shape index (κ1) is 13.1. The van der Waals surface area contributed by atoms with Crippen molar-refractivity contribution in [3.05, 3.63) is 11.9 Å². The normalized spacial score (nSPS) is 19.1. The number of anilines is 2. The van der Waals surface area contributed by atoms with E-state index in [2.05, 4.69) is 20.3 Å². The second-order valence-corrected chi connectivity index (χ2v) is 5.38.